The van der Waals surface area contributed by atoms with E-state index < -0.39 is 22.8 Å². The lowest BCUT2D eigenvalue weighted by Crippen LogP contribution is -2.82. The molecule has 0 radical (unpaired) electrons. The molecule has 0 aromatic heterocycles. The van der Waals surface area contributed by atoms with Gasteiger partial charge in [-0.05, 0) is 50.1 Å². The highest BCUT2D eigenvalue weighted by atomic mass is 16.5. The van der Waals surface area contributed by atoms with Crippen LogP contribution in [0.4, 0.5) is 0 Å². The van der Waals surface area contributed by atoms with Gasteiger partial charge in [0, 0.05) is 6.42 Å². The van der Waals surface area contributed by atoms with Gasteiger partial charge in [0.05, 0.1) is 31.0 Å². The summed E-state index contributed by atoms with van der Waals surface area (Å²) < 4.78 is 6.18. The van der Waals surface area contributed by atoms with Crippen LogP contribution >= 0.6 is 0 Å². The van der Waals surface area contributed by atoms with Crippen molar-refractivity contribution in [1.82, 2.24) is 0 Å². The van der Waals surface area contributed by atoms with Crippen LogP contribution in [0.2, 0.25) is 0 Å². The van der Waals surface area contributed by atoms with Gasteiger partial charge in [-0.15, -0.1) is 0 Å². The highest BCUT2D eigenvalue weighted by Gasteiger charge is 2.70. The summed E-state index contributed by atoms with van der Waals surface area (Å²) in [5.74, 6) is -0.474. The van der Waals surface area contributed by atoms with Crippen molar-refractivity contribution in [3.05, 3.63) is 47.2 Å². The van der Waals surface area contributed by atoms with E-state index in [1.165, 1.54) is 13.1 Å². The molecule has 156 valence electrons. The first-order valence-electron chi connectivity index (χ1n) is 10.5. The smallest absolute Gasteiger partial charge is 0.183 e. The fraction of sp³-hybridized carbons (Fsp3) is 0.478. The summed E-state index contributed by atoms with van der Waals surface area (Å²) in [6.07, 6.45) is 1.97. The van der Waals surface area contributed by atoms with Gasteiger partial charge in [0.1, 0.15) is 11.3 Å². The number of aliphatic imine (C=N–C) groups is 1. The molecule has 0 spiro atoms. The third-order valence-corrected chi connectivity index (χ3v) is 6.05. The molecule has 2 heterocycles. The SMILES string of the molecule is CC[NH2+]CC.N#CC12C([O-])=NC(=N)C1(C#N)C(c1ccccc1)OC1=C2CCCC1. The normalized spacial score (nSPS) is 29.3. The molecule has 1 aromatic rings. The molecule has 7 heteroatoms. The van der Waals surface area contributed by atoms with Crippen molar-refractivity contribution in [1.29, 1.82) is 15.9 Å². The highest BCUT2D eigenvalue weighted by Crippen LogP contribution is 2.63. The number of nitriles is 2. The number of rotatable bonds is 3. The summed E-state index contributed by atoms with van der Waals surface area (Å²) in [5, 5.41) is 43.5. The zero-order valence-electron chi connectivity index (χ0n) is 17.4. The maximum absolute atomic E-state index is 12.8. The minimum absolute atomic E-state index is 0.382. The molecule has 1 aromatic carbocycles. The highest BCUT2D eigenvalue weighted by molar-refractivity contribution is 6.11. The van der Waals surface area contributed by atoms with E-state index in [-0.39, 0.29) is 5.84 Å². The van der Waals surface area contributed by atoms with Gasteiger partial charge < -0.3 is 15.2 Å². The Bertz CT molecular complexity index is 954. The molecule has 0 amide bonds. The molecule has 0 fully saturated rings. The molecule has 30 heavy (non-hydrogen) atoms. The summed E-state index contributed by atoms with van der Waals surface area (Å²) in [4.78, 5) is 3.77. The van der Waals surface area contributed by atoms with Gasteiger partial charge >= 0.3 is 0 Å². The van der Waals surface area contributed by atoms with E-state index >= 15 is 0 Å². The molecule has 3 atom stereocenters. The van der Waals surface area contributed by atoms with Crippen LogP contribution in [-0.2, 0) is 4.74 Å². The van der Waals surface area contributed by atoms with Crippen molar-refractivity contribution in [2.24, 2.45) is 15.8 Å². The number of nitrogens with zero attached hydrogens (tertiary/aromatic N) is 3. The number of nitrogens with two attached hydrogens (primary N) is 1. The Kier molecular flexibility index (Phi) is 6.24. The molecule has 1 aliphatic carbocycles. The molecule has 0 bridgehead atoms. The van der Waals surface area contributed by atoms with Crippen LogP contribution in [0, 0.1) is 38.9 Å². The largest absolute Gasteiger partial charge is 0.860 e. The average molecular weight is 406 g/mol. The Hall–Kier alpha value is -3.16. The molecule has 3 aliphatic rings. The summed E-state index contributed by atoms with van der Waals surface area (Å²) in [6.45, 7) is 6.75. The van der Waals surface area contributed by atoms with E-state index in [1.54, 1.807) is 24.3 Å². The molecular weight excluding hydrogens is 378 g/mol. The number of hydrogen-bond acceptors (Lipinski definition) is 5. The van der Waals surface area contributed by atoms with Crippen molar-refractivity contribution in [2.45, 2.75) is 45.6 Å². The van der Waals surface area contributed by atoms with E-state index in [9.17, 15) is 15.6 Å². The molecule has 3 unspecified atom stereocenters. The zero-order valence-corrected chi connectivity index (χ0v) is 17.4. The summed E-state index contributed by atoms with van der Waals surface area (Å²) in [7, 11) is 0. The van der Waals surface area contributed by atoms with Crippen LogP contribution in [0.1, 0.15) is 51.2 Å². The summed E-state index contributed by atoms with van der Waals surface area (Å²) >= 11 is 0. The van der Waals surface area contributed by atoms with Crippen molar-refractivity contribution < 1.29 is 15.2 Å². The number of allylic oxidation sites excluding steroid dienone is 1. The summed E-state index contributed by atoms with van der Waals surface area (Å²) in [5.41, 5.74) is -2.30. The van der Waals surface area contributed by atoms with Crippen molar-refractivity contribution in [3.8, 4) is 12.1 Å². The van der Waals surface area contributed by atoms with Crippen LogP contribution < -0.4 is 10.4 Å². The number of amidine groups is 1. The van der Waals surface area contributed by atoms with E-state index in [4.69, 9.17) is 10.1 Å². The van der Waals surface area contributed by atoms with Gasteiger partial charge in [-0.2, -0.15) is 10.5 Å². The number of quaternary nitrogens is 1. The lowest BCUT2D eigenvalue weighted by Gasteiger charge is -2.49. The van der Waals surface area contributed by atoms with Crippen LogP contribution in [-0.4, -0.2) is 24.8 Å². The maximum Gasteiger partial charge on any atom is 0.183 e. The molecule has 4 rings (SSSR count). The number of fused-ring (bicyclic) bond motifs is 2. The van der Waals surface area contributed by atoms with Gasteiger partial charge in [0.2, 0.25) is 0 Å². The van der Waals surface area contributed by atoms with Gasteiger partial charge in [-0.25, -0.2) is 0 Å². The molecule has 0 saturated heterocycles. The Morgan fingerprint density at radius 3 is 2.40 bits per heavy atom. The standard InChI is InChI=1S/C19H16N4O2.C4H11N/c20-10-18-13-8-4-5-9-14(13)25-15(12-6-2-1-3-7-12)19(18,11-21)16(22)23-17(18)24;1-3-5-4-2/h1-3,6-7,15H,4-5,8-9H2,(H2,22,23,24);5H,3-4H2,1-2H3. The third kappa shape index (κ3) is 2.98. The van der Waals surface area contributed by atoms with Crippen LogP contribution in [0.25, 0.3) is 0 Å². The fourth-order valence-electron chi connectivity index (χ4n) is 4.58. The second kappa shape index (κ2) is 8.69. The van der Waals surface area contributed by atoms with Crippen LogP contribution in [0.3, 0.4) is 0 Å². The summed E-state index contributed by atoms with van der Waals surface area (Å²) in [6, 6.07) is 13.2. The van der Waals surface area contributed by atoms with E-state index in [1.807, 2.05) is 6.07 Å². The number of hydrogen-bond donors (Lipinski definition) is 2. The average Bonchev–Trinajstić information content (AvgIpc) is 3.02. The maximum atomic E-state index is 12.8. The monoisotopic (exact) mass is 405 g/mol. The minimum atomic E-state index is -1.76. The van der Waals surface area contributed by atoms with Crippen molar-refractivity contribution >= 4 is 11.7 Å². The predicted octanol–water partition coefficient (Wildman–Crippen LogP) is 1.95. The Balaban J connectivity index is 0.000000461. The molecule has 0 saturated carbocycles. The van der Waals surface area contributed by atoms with Gasteiger partial charge in [-0.3, -0.25) is 10.4 Å². The van der Waals surface area contributed by atoms with E-state index in [0.717, 1.165) is 12.8 Å². The first kappa shape index (κ1) is 21.5. The number of benzene rings is 1. The van der Waals surface area contributed by atoms with Gasteiger partial charge in [-0.1, -0.05) is 30.3 Å². The van der Waals surface area contributed by atoms with E-state index in [2.05, 4.69) is 36.3 Å². The van der Waals surface area contributed by atoms with Crippen molar-refractivity contribution in [2.75, 3.05) is 13.1 Å². The predicted molar refractivity (Wildman–Crippen MR) is 110 cm³/mol. The minimum Gasteiger partial charge on any atom is -0.860 e. The molecule has 3 N–H and O–H groups in total. The lowest BCUT2D eigenvalue weighted by molar-refractivity contribution is -0.648. The van der Waals surface area contributed by atoms with E-state index in [0.29, 0.717) is 29.7 Å². The van der Waals surface area contributed by atoms with Crippen LogP contribution in [0.5, 0.6) is 0 Å². The quantitative estimate of drug-likeness (QED) is 0.795. The molecule has 2 aliphatic heterocycles. The second-order valence-electron chi connectivity index (χ2n) is 7.67. The molecule has 7 nitrogen and oxygen atoms in total. The first-order chi connectivity index (χ1) is 14.5. The second-order valence-corrected chi connectivity index (χ2v) is 7.67. The Morgan fingerprint density at radius 1 is 1.17 bits per heavy atom. The fourth-order valence-corrected chi connectivity index (χ4v) is 4.58. The van der Waals surface area contributed by atoms with Crippen LogP contribution in [0.15, 0.2) is 46.7 Å². The van der Waals surface area contributed by atoms with Gasteiger partial charge in [0.25, 0.3) is 0 Å². The number of ether oxygens (including phenoxy) is 1. The Labute approximate surface area is 177 Å². The number of nitrogens with one attached hydrogen (secondary N) is 1. The topological polar surface area (TPSA) is 133 Å². The Morgan fingerprint density at radius 2 is 1.83 bits per heavy atom. The molecular formula is C23H27N5O2. The third-order valence-electron chi connectivity index (χ3n) is 6.05. The van der Waals surface area contributed by atoms with Gasteiger partial charge in [0.15, 0.2) is 11.5 Å². The zero-order chi connectivity index (χ0) is 21.8. The lowest BCUT2D eigenvalue weighted by atomic mass is 9.55. The van der Waals surface area contributed by atoms with Crippen molar-refractivity contribution in [3.63, 3.8) is 0 Å². The first-order valence-corrected chi connectivity index (χ1v) is 10.5.